The standard InChI is InChI=1S/C11H21NO2S/c1-11(2,3)15-7-5-12-10(13)9-4-6-14-8-9/h9H,4-8H2,1-3H3,(H,12,13)/t9-/m0/s1. The first kappa shape index (κ1) is 12.8. The van der Waals surface area contributed by atoms with Crippen molar-refractivity contribution in [2.45, 2.75) is 31.9 Å². The van der Waals surface area contributed by atoms with Crippen LogP contribution in [0.25, 0.3) is 0 Å². The minimum absolute atomic E-state index is 0.0876. The van der Waals surface area contributed by atoms with Crippen molar-refractivity contribution in [3.05, 3.63) is 0 Å². The highest BCUT2D eigenvalue weighted by molar-refractivity contribution is 8.00. The zero-order valence-electron chi connectivity index (χ0n) is 9.84. The van der Waals surface area contributed by atoms with E-state index in [-0.39, 0.29) is 16.6 Å². The fourth-order valence-corrected chi connectivity index (χ4v) is 2.23. The van der Waals surface area contributed by atoms with Crippen LogP contribution in [-0.2, 0) is 9.53 Å². The van der Waals surface area contributed by atoms with Gasteiger partial charge in [-0.05, 0) is 6.42 Å². The zero-order valence-corrected chi connectivity index (χ0v) is 10.7. The summed E-state index contributed by atoms with van der Waals surface area (Å²) < 4.78 is 5.45. The van der Waals surface area contributed by atoms with Gasteiger partial charge in [0, 0.05) is 23.7 Å². The average molecular weight is 231 g/mol. The molecule has 0 unspecified atom stereocenters. The van der Waals surface area contributed by atoms with Gasteiger partial charge in [-0.15, -0.1) is 0 Å². The van der Waals surface area contributed by atoms with E-state index in [2.05, 4.69) is 26.1 Å². The third-order valence-corrected chi connectivity index (χ3v) is 3.51. The summed E-state index contributed by atoms with van der Waals surface area (Å²) in [6, 6.07) is 0. The quantitative estimate of drug-likeness (QED) is 0.748. The second-order valence-electron chi connectivity index (χ2n) is 4.81. The van der Waals surface area contributed by atoms with Crippen LogP contribution < -0.4 is 5.32 Å². The Morgan fingerprint density at radius 2 is 2.27 bits per heavy atom. The number of carbonyl (C=O) groups is 1. The smallest absolute Gasteiger partial charge is 0.225 e. The number of rotatable bonds is 4. The molecule has 0 bridgehead atoms. The van der Waals surface area contributed by atoms with Crippen LogP contribution in [0.2, 0.25) is 0 Å². The molecule has 1 aliphatic rings. The lowest BCUT2D eigenvalue weighted by Crippen LogP contribution is -2.33. The van der Waals surface area contributed by atoms with Gasteiger partial charge in [-0.3, -0.25) is 4.79 Å². The van der Waals surface area contributed by atoms with Crippen LogP contribution >= 0.6 is 11.8 Å². The maximum absolute atomic E-state index is 11.6. The third-order valence-electron chi connectivity index (χ3n) is 2.24. The van der Waals surface area contributed by atoms with Crippen LogP contribution in [0.5, 0.6) is 0 Å². The molecular weight excluding hydrogens is 210 g/mol. The van der Waals surface area contributed by atoms with E-state index in [1.54, 1.807) is 0 Å². The Morgan fingerprint density at radius 3 is 2.80 bits per heavy atom. The molecule has 1 atom stereocenters. The topological polar surface area (TPSA) is 38.3 Å². The van der Waals surface area contributed by atoms with Gasteiger partial charge in [0.15, 0.2) is 0 Å². The number of ether oxygens (including phenoxy) is 1. The van der Waals surface area contributed by atoms with Crippen molar-refractivity contribution in [2.24, 2.45) is 5.92 Å². The molecule has 0 spiro atoms. The van der Waals surface area contributed by atoms with Crippen molar-refractivity contribution >= 4 is 17.7 Å². The zero-order chi connectivity index (χ0) is 11.3. The number of hydrogen-bond donors (Lipinski definition) is 1. The molecule has 0 saturated carbocycles. The van der Waals surface area contributed by atoms with Crippen molar-refractivity contribution in [1.82, 2.24) is 5.32 Å². The molecule has 15 heavy (non-hydrogen) atoms. The molecule has 1 saturated heterocycles. The van der Waals surface area contributed by atoms with Crippen molar-refractivity contribution in [3.8, 4) is 0 Å². The summed E-state index contributed by atoms with van der Waals surface area (Å²) in [6.07, 6.45) is 0.873. The minimum Gasteiger partial charge on any atom is -0.381 e. The normalized spacial score (nSPS) is 21.7. The maximum atomic E-state index is 11.6. The highest BCUT2D eigenvalue weighted by Gasteiger charge is 2.22. The van der Waals surface area contributed by atoms with Gasteiger partial charge in [0.25, 0.3) is 0 Å². The Kier molecular flexibility index (Phi) is 4.93. The molecule has 1 rings (SSSR count). The minimum atomic E-state index is 0.0876. The lowest BCUT2D eigenvalue weighted by atomic mass is 10.1. The molecule has 0 aromatic rings. The van der Waals surface area contributed by atoms with E-state index in [9.17, 15) is 4.79 Å². The Morgan fingerprint density at radius 1 is 1.53 bits per heavy atom. The van der Waals surface area contributed by atoms with Crippen molar-refractivity contribution in [1.29, 1.82) is 0 Å². The fraction of sp³-hybridized carbons (Fsp3) is 0.909. The molecule has 0 aromatic carbocycles. The van der Waals surface area contributed by atoms with Crippen LogP contribution in [0, 0.1) is 5.92 Å². The Bertz CT molecular complexity index is 207. The lowest BCUT2D eigenvalue weighted by Gasteiger charge is -2.17. The molecular formula is C11H21NO2S. The number of nitrogens with one attached hydrogen (secondary N) is 1. The summed E-state index contributed by atoms with van der Waals surface area (Å²) >= 11 is 1.87. The average Bonchev–Trinajstić information content (AvgIpc) is 2.63. The summed E-state index contributed by atoms with van der Waals surface area (Å²) in [7, 11) is 0. The van der Waals surface area contributed by atoms with E-state index in [4.69, 9.17) is 4.74 Å². The first-order chi connectivity index (χ1) is 6.99. The number of carbonyl (C=O) groups excluding carboxylic acids is 1. The molecule has 1 fully saturated rings. The highest BCUT2D eigenvalue weighted by atomic mass is 32.2. The largest absolute Gasteiger partial charge is 0.381 e. The number of thioether (sulfide) groups is 1. The summed E-state index contributed by atoms with van der Waals surface area (Å²) in [4.78, 5) is 11.6. The molecule has 1 heterocycles. The van der Waals surface area contributed by atoms with E-state index in [1.807, 2.05) is 11.8 Å². The monoisotopic (exact) mass is 231 g/mol. The van der Waals surface area contributed by atoms with Gasteiger partial charge >= 0.3 is 0 Å². The molecule has 1 amide bonds. The van der Waals surface area contributed by atoms with Crippen LogP contribution in [-0.4, -0.2) is 36.2 Å². The molecule has 1 N–H and O–H groups in total. The van der Waals surface area contributed by atoms with Gasteiger partial charge in [-0.2, -0.15) is 11.8 Å². The van der Waals surface area contributed by atoms with Crippen LogP contribution in [0.3, 0.4) is 0 Å². The maximum Gasteiger partial charge on any atom is 0.225 e. The van der Waals surface area contributed by atoms with E-state index >= 15 is 0 Å². The van der Waals surface area contributed by atoms with Gasteiger partial charge in [0.1, 0.15) is 0 Å². The second kappa shape index (κ2) is 5.75. The van der Waals surface area contributed by atoms with Crippen molar-refractivity contribution in [3.63, 3.8) is 0 Å². The van der Waals surface area contributed by atoms with Gasteiger partial charge in [-0.25, -0.2) is 0 Å². The van der Waals surface area contributed by atoms with Gasteiger partial charge in [0.2, 0.25) is 5.91 Å². The first-order valence-electron chi connectivity index (χ1n) is 5.48. The lowest BCUT2D eigenvalue weighted by molar-refractivity contribution is -0.124. The van der Waals surface area contributed by atoms with Crippen LogP contribution in [0.15, 0.2) is 0 Å². The second-order valence-corrected chi connectivity index (χ2v) is 6.73. The predicted molar refractivity (Wildman–Crippen MR) is 64.1 cm³/mol. The Hall–Kier alpha value is -0.220. The molecule has 88 valence electrons. The fourth-order valence-electron chi connectivity index (χ4n) is 1.42. The number of amides is 1. The van der Waals surface area contributed by atoms with E-state index in [0.717, 1.165) is 25.3 Å². The highest BCUT2D eigenvalue weighted by Crippen LogP contribution is 2.22. The molecule has 0 aliphatic carbocycles. The summed E-state index contributed by atoms with van der Waals surface area (Å²) in [5.41, 5.74) is 0. The molecule has 4 heteroatoms. The molecule has 0 aromatic heterocycles. The first-order valence-corrected chi connectivity index (χ1v) is 6.47. The molecule has 1 aliphatic heterocycles. The third kappa shape index (κ3) is 5.42. The predicted octanol–water partition coefficient (Wildman–Crippen LogP) is 1.67. The van der Waals surface area contributed by atoms with Crippen molar-refractivity contribution in [2.75, 3.05) is 25.5 Å². The molecule has 0 radical (unpaired) electrons. The SMILES string of the molecule is CC(C)(C)SCCNC(=O)[C@H]1CCOC1. The summed E-state index contributed by atoms with van der Waals surface area (Å²) in [6.45, 7) is 8.64. The Balaban J connectivity index is 2.07. The van der Waals surface area contributed by atoms with E-state index in [0.29, 0.717) is 6.61 Å². The van der Waals surface area contributed by atoms with Crippen LogP contribution in [0.1, 0.15) is 27.2 Å². The number of hydrogen-bond acceptors (Lipinski definition) is 3. The van der Waals surface area contributed by atoms with Gasteiger partial charge in [-0.1, -0.05) is 20.8 Å². The van der Waals surface area contributed by atoms with E-state index < -0.39 is 0 Å². The summed E-state index contributed by atoms with van der Waals surface area (Å²) in [5, 5.41) is 2.96. The van der Waals surface area contributed by atoms with Crippen LogP contribution in [0.4, 0.5) is 0 Å². The Labute approximate surface area is 96.3 Å². The van der Waals surface area contributed by atoms with Gasteiger partial charge < -0.3 is 10.1 Å². The molecule has 3 nitrogen and oxygen atoms in total. The van der Waals surface area contributed by atoms with Gasteiger partial charge in [0.05, 0.1) is 12.5 Å². The summed E-state index contributed by atoms with van der Waals surface area (Å²) in [5.74, 6) is 1.22. The van der Waals surface area contributed by atoms with E-state index in [1.165, 1.54) is 0 Å². The van der Waals surface area contributed by atoms with Crippen molar-refractivity contribution < 1.29 is 9.53 Å².